The van der Waals surface area contributed by atoms with Crippen LogP contribution < -0.4 is 10.5 Å². The summed E-state index contributed by atoms with van der Waals surface area (Å²) in [5, 5.41) is 3.25. The fraction of sp³-hybridized carbons (Fsp3) is 0.0769. The lowest BCUT2D eigenvalue weighted by Crippen LogP contribution is -2.17. The first-order chi connectivity index (χ1) is 11.3. The number of aromatic nitrogens is 4. The zero-order valence-electron chi connectivity index (χ0n) is 11.5. The van der Waals surface area contributed by atoms with Crippen molar-refractivity contribution in [1.29, 1.82) is 0 Å². The third kappa shape index (κ3) is 3.54. The van der Waals surface area contributed by atoms with Gasteiger partial charge in [-0.05, 0) is 24.3 Å². The second kappa shape index (κ2) is 5.96. The van der Waals surface area contributed by atoms with Crippen molar-refractivity contribution in [3.05, 3.63) is 46.2 Å². The largest absolute Gasteiger partial charge is 0.573 e. The Kier molecular flexibility index (Phi) is 3.97. The minimum absolute atomic E-state index is 0.0896. The summed E-state index contributed by atoms with van der Waals surface area (Å²) in [6, 6.07) is 5.15. The van der Waals surface area contributed by atoms with E-state index in [-0.39, 0.29) is 16.5 Å². The number of aromatic amines is 1. The van der Waals surface area contributed by atoms with E-state index in [0.717, 1.165) is 6.07 Å². The number of ether oxygens (including phenoxy) is 1. The molecular weight excluding hydrogens is 353 g/mol. The smallest absolute Gasteiger partial charge is 0.404 e. The van der Waals surface area contributed by atoms with Crippen molar-refractivity contribution in [2.24, 2.45) is 0 Å². The van der Waals surface area contributed by atoms with Crippen LogP contribution in [0.25, 0.3) is 22.8 Å². The second-order valence-corrected chi connectivity index (χ2v) is 4.83. The number of halogens is 4. The molecule has 0 unspecified atom stereocenters. The molecule has 0 saturated carbocycles. The molecule has 24 heavy (non-hydrogen) atoms. The van der Waals surface area contributed by atoms with E-state index < -0.39 is 17.9 Å². The van der Waals surface area contributed by atoms with Crippen LogP contribution in [0.1, 0.15) is 0 Å². The van der Waals surface area contributed by atoms with Gasteiger partial charge in [0, 0.05) is 5.56 Å². The van der Waals surface area contributed by atoms with E-state index in [1.807, 2.05) is 0 Å². The molecule has 7 nitrogen and oxygen atoms in total. The van der Waals surface area contributed by atoms with E-state index in [4.69, 9.17) is 11.6 Å². The van der Waals surface area contributed by atoms with Gasteiger partial charge in [0.05, 0.1) is 10.7 Å². The average molecular weight is 359 g/mol. The molecule has 3 rings (SSSR count). The predicted molar refractivity (Wildman–Crippen MR) is 75.3 cm³/mol. The molecule has 0 spiro atoms. The maximum atomic E-state index is 12.2. The molecule has 0 amide bonds. The summed E-state index contributed by atoms with van der Waals surface area (Å²) < 4.78 is 44.9. The number of nitrogens with one attached hydrogen (secondary N) is 1. The molecule has 2 aromatic heterocycles. The topological polar surface area (TPSA) is 93.9 Å². The lowest BCUT2D eigenvalue weighted by atomic mass is 10.1. The maximum Gasteiger partial charge on any atom is 0.573 e. The van der Waals surface area contributed by atoms with E-state index in [2.05, 4.69) is 29.4 Å². The Morgan fingerprint density at radius 3 is 2.54 bits per heavy atom. The van der Waals surface area contributed by atoms with Crippen LogP contribution in [0.2, 0.25) is 5.02 Å². The number of hydrogen-bond acceptors (Lipinski definition) is 6. The Morgan fingerprint density at radius 1 is 1.17 bits per heavy atom. The van der Waals surface area contributed by atoms with Crippen LogP contribution in [0, 0.1) is 0 Å². The highest BCUT2D eigenvalue weighted by Gasteiger charge is 2.32. The van der Waals surface area contributed by atoms with Gasteiger partial charge in [-0.3, -0.25) is 9.51 Å². The summed E-state index contributed by atoms with van der Waals surface area (Å²) in [6.45, 7) is 0. The second-order valence-electron chi connectivity index (χ2n) is 4.43. The highest BCUT2D eigenvalue weighted by Crippen LogP contribution is 2.33. The van der Waals surface area contributed by atoms with Gasteiger partial charge in [-0.25, -0.2) is 14.8 Å². The van der Waals surface area contributed by atoms with Gasteiger partial charge in [0.25, 0.3) is 0 Å². The van der Waals surface area contributed by atoms with Gasteiger partial charge in [-0.15, -0.1) is 13.2 Å². The Morgan fingerprint density at radius 2 is 1.92 bits per heavy atom. The Labute approximate surface area is 136 Å². The van der Waals surface area contributed by atoms with Crippen molar-refractivity contribution in [3.63, 3.8) is 0 Å². The van der Waals surface area contributed by atoms with Crippen molar-refractivity contribution in [3.8, 4) is 28.5 Å². The number of nitrogens with zero attached hydrogens (tertiary/aromatic N) is 3. The Hall–Kier alpha value is -2.88. The van der Waals surface area contributed by atoms with E-state index in [1.54, 1.807) is 0 Å². The van der Waals surface area contributed by atoms with Crippen LogP contribution in [0.15, 0.2) is 39.9 Å². The van der Waals surface area contributed by atoms with E-state index in [1.165, 1.54) is 24.5 Å². The van der Waals surface area contributed by atoms with Gasteiger partial charge >= 0.3 is 12.1 Å². The first kappa shape index (κ1) is 16.0. The molecule has 1 aromatic carbocycles. The monoisotopic (exact) mass is 358 g/mol. The van der Waals surface area contributed by atoms with E-state index in [9.17, 15) is 18.0 Å². The molecule has 0 bridgehead atoms. The lowest BCUT2D eigenvalue weighted by Gasteiger charge is -2.11. The molecule has 0 aliphatic rings. The molecule has 124 valence electrons. The first-order valence-corrected chi connectivity index (χ1v) is 6.64. The third-order valence-corrected chi connectivity index (χ3v) is 3.10. The quantitative estimate of drug-likeness (QED) is 0.773. The molecule has 0 aliphatic heterocycles. The van der Waals surface area contributed by atoms with Gasteiger partial charge in [0.15, 0.2) is 0 Å². The molecule has 3 aromatic rings. The van der Waals surface area contributed by atoms with Crippen molar-refractivity contribution in [1.82, 2.24) is 20.1 Å². The molecule has 1 N–H and O–H groups in total. The summed E-state index contributed by atoms with van der Waals surface area (Å²) in [5.74, 6) is -1.18. The zero-order chi connectivity index (χ0) is 17.3. The summed E-state index contributed by atoms with van der Waals surface area (Å²) in [6.07, 6.45) is -3.64. The Bertz CT molecular complexity index is 938. The summed E-state index contributed by atoms with van der Waals surface area (Å²) >= 11 is 5.80. The average Bonchev–Trinajstić information content (AvgIpc) is 2.95. The number of alkyl halides is 3. The number of rotatable bonds is 3. The molecule has 2 heterocycles. The minimum atomic E-state index is -4.84. The van der Waals surface area contributed by atoms with Crippen LogP contribution in [0.5, 0.6) is 5.75 Å². The van der Waals surface area contributed by atoms with Crippen LogP contribution in [0.4, 0.5) is 13.2 Å². The van der Waals surface area contributed by atoms with Crippen molar-refractivity contribution in [2.45, 2.75) is 6.36 Å². The first-order valence-electron chi connectivity index (χ1n) is 6.26. The normalized spacial score (nSPS) is 11.5. The molecular formula is C13H6ClF3N4O3. The standard InChI is InChI=1S/C13H6ClF3N4O3/c14-7-3-6(1-2-10(7)23-13(15,16)17)8-4-9(19-5-18-8)11-20-12(22)24-21-11/h1-5H,(H,20,21,22). The Balaban J connectivity index is 1.95. The SMILES string of the molecule is O=c1[nH]c(-c2cc(-c3ccc(OC(F)(F)F)c(Cl)c3)ncn2)no1. The fourth-order valence-corrected chi connectivity index (χ4v) is 2.07. The highest BCUT2D eigenvalue weighted by atomic mass is 35.5. The molecule has 0 atom stereocenters. The summed E-state index contributed by atoms with van der Waals surface area (Å²) in [4.78, 5) is 21.2. The summed E-state index contributed by atoms with van der Waals surface area (Å²) in [7, 11) is 0. The van der Waals surface area contributed by atoms with Crippen LogP contribution in [0.3, 0.4) is 0 Å². The van der Waals surface area contributed by atoms with Crippen LogP contribution >= 0.6 is 11.6 Å². The number of hydrogen-bond donors (Lipinski definition) is 1. The van der Waals surface area contributed by atoms with E-state index >= 15 is 0 Å². The van der Waals surface area contributed by atoms with Gasteiger partial charge in [0.1, 0.15) is 17.8 Å². The van der Waals surface area contributed by atoms with Gasteiger partial charge < -0.3 is 4.74 Å². The summed E-state index contributed by atoms with van der Waals surface area (Å²) in [5.41, 5.74) is 1.03. The maximum absolute atomic E-state index is 12.2. The van der Waals surface area contributed by atoms with E-state index in [0.29, 0.717) is 11.3 Å². The highest BCUT2D eigenvalue weighted by molar-refractivity contribution is 6.32. The molecule has 0 aliphatic carbocycles. The minimum Gasteiger partial charge on any atom is -0.404 e. The third-order valence-electron chi connectivity index (χ3n) is 2.80. The number of H-pyrrole nitrogens is 1. The number of benzene rings is 1. The molecule has 0 fully saturated rings. The molecule has 11 heteroatoms. The lowest BCUT2D eigenvalue weighted by molar-refractivity contribution is -0.274. The van der Waals surface area contributed by atoms with Crippen molar-refractivity contribution >= 4 is 11.6 Å². The predicted octanol–water partition coefficient (Wildman–Crippen LogP) is 3.04. The molecule has 0 radical (unpaired) electrons. The van der Waals surface area contributed by atoms with Gasteiger partial charge in [0.2, 0.25) is 5.82 Å². The van der Waals surface area contributed by atoms with Crippen molar-refractivity contribution < 1.29 is 22.4 Å². The van der Waals surface area contributed by atoms with Crippen LogP contribution in [-0.2, 0) is 0 Å². The van der Waals surface area contributed by atoms with Gasteiger partial charge in [-0.2, -0.15) is 0 Å². The zero-order valence-corrected chi connectivity index (χ0v) is 12.2. The van der Waals surface area contributed by atoms with Crippen LogP contribution in [-0.4, -0.2) is 26.5 Å². The van der Waals surface area contributed by atoms with Crippen molar-refractivity contribution in [2.75, 3.05) is 0 Å². The fourth-order valence-electron chi connectivity index (χ4n) is 1.85. The molecule has 0 saturated heterocycles. The van der Waals surface area contributed by atoms with Gasteiger partial charge in [-0.1, -0.05) is 16.8 Å².